The SMILES string of the molecule is CNc1nc2cc(-c3cccc(CNC(=O)c4cc(C)on4)c3)sc2c2c1ncn2C. The standard InChI is InChI=1S/C22H20N6O2S/c1-12-7-16(27-30-12)22(29)24-10-13-5-4-6-14(8-13)17-9-15-20(31-17)19-18(21(23-2)26-15)25-11-28(19)3/h4-9,11H,10H2,1-3H3,(H,23,26)(H,24,29). The van der Waals surface area contributed by atoms with E-state index in [2.05, 4.69) is 39.0 Å². The van der Waals surface area contributed by atoms with E-state index in [0.29, 0.717) is 12.3 Å². The molecule has 0 aliphatic rings. The summed E-state index contributed by atoms with van der Waals surface area (Å²) in [5.41, 5.74) is 5.22. The Balaban J connectivity index is 1.46. The molecule has 8 nitrogen and oxygen atoms in total. The summed E-state index contributed by atoms with van der Waals surface area (Å²) in [6.07, 6.45) is 1.81. The second-order valence-corrected chi connectivity index (χ2v) is 8.35. The highest BCUT2D eigenvalue weighted by molar-refractivity contribution is 7.23. The molecule has 4 heterocycles. The number of imidazole rings is 1. The van der Waals surface area contributed by atoms with Gasteiger partial charge in [0.05, 0.1) is 22.1 Å². The normalized spacial score (nSPS) is 11.3. The van der Waals surface area contributed by atoms with E-state index in [9.17, 15) is 4.79 Å². The van der Waals surface area contributed by atoms with Crippen LogP contribution < -0.4 is 10.6 Å². The highest BCUT2D eigenvalue weighted by Crippen LogP contribution is 2.38. The maximum absolute atomic E-state index is 12.2. The zero-order valence-corrected chi connectivity index (χ0v) is 18.1. The van der Waals surface area contributed by atoms with Crippen molar-refractivity contribution in [3.63, 3.8) is 0 Å². The lowest BCUT2D eigenvalue weighted by molar-refractivity contribution is 0.0942. The van der Waals surface area contributed by atoms with E-state index in [0.717, 1.165) is 43.1 Å². The molecular weight excluding hydrogens is 412 g/mol. The van der Waals surface area contributed by atoms with Crippen LogP contribution in [0.15, 0.2) is 47.2 Å². The van der Waals surface area contributed by atoms with E-state index >= 15 is 0 Å². The van der Waals surface area contributed by atoms with Crippen molar-refractivity contribution >= 4 is 44.3 Å². The monoisotopic (exact) mass is 432 g/mol. The number of benzene rings is 1. The summed E-state index contributed by atoms with van der Waals surface area (Å²) in [6, 6.07) is 11.8. The first kappa shape index (κ1) is 19.3. The van der Waals surface area contributed by atoms with Gasteiger partial charge < -0.3 is 19.7 Å². The molecule has 0 unspecified atom stereocenters. The number of hydrogen-bond donors (Lipinski definition) is 2. The number of aromatic nitrogens is 4. The second-order valence-electron chi connectivity index (χ2n) is 7.29. The van der Waals surface area contributed by atoms with Gasteiger partial charge in [0, 0.05) is 31.6 Å². The van der Waals surface area contributed by atoms with Gasteiger partial charge in [-0.15, -0.1) is 11.3 Å². The van der Waals surface area contributed by atoms with Gasteiger partial charge in [-0.25, -0.2) is 9.97 Å². The second kappa shape index (κ2) is 7.51. The largest absolute Gasteiger partial charge is 0.371 e. The Bertz CT molecular complexity index is 1430. The first-order valence-corrected chi connectivity index (χ1v) is 10.6. The molecule has 0 saturated carbocycles. The van der Waals surface area contributed by atoms with Gasteiger partial charge in [-0.05, 0) is 30.2 Å². The van der Waals surface area contributed by atoms with Gasteiger partial charge in [0.25, 0.3) is 5.91 Å². The van der Waals surface area contributed by atoms with E-state index in [4.69, 9.17) is 9.51 Å². The van der Waals surface area contributed by atoms with Gasteiger partial charge in [-0.1, -0.05) is 23.4 Å². The Morgan fingerprint density at radius 1 is 1.26 bits per heavy atom. The fourth-order valence-electron chi connectivity index (χ4n) is 3.58. The zero-order valence-electron chi connectivity index (χ0n) is 17.3. The predicted octanol–water partition coefficient (Wildman–Crippen LogP) is 4.12. The highest BCUT2D eigenvalue weighted by Gasteiger charge is 2.16. The first-order chi connectivity index (χ1) is 15.0. The van der Waals surface area contributed by atoms with Gasteiger partial charge in [0.2, 0.25) is 0 Å². The number of thiophene rings is 1. The van der Waals surface area contributed by atoms with Gasteiger partial charge in [-0.3, -0.25) is 4.79 Å². The molecule has 0 bridgehead atoms. The van der Waals surface area contributed by atoms with Gasteiger partial charge >= 0.3 is 0 Å². The van der Waals surface area contributed by atoms with Crippen LogP contribution in [0.2, 0.25) is 0 Å². The molecule has 9 heteroatoms. The number of anilines is 1. The Hall–Kier alpha value is -3.72. The summed E-state index contributed by atoms with van der Waals surface area (Å²) in [5, 5.41) is 9.78. The van der Waals surface area contributed by atoms with E-state index in [1.165, 1.54) is 0 Å². The molecule has 0 saturated heterocycles. The van der Waals surface area contributed by atoms with Crippen LogP contribution in [-0.2, 0) is 13.6 Å². The smallest absolute Gasteiger partial charge is 0.273 e. The molecule has 0 fully saturated rings. The third-order valence-electron chi connectivity index (χ3n) is 5.08. The molecule has 5 rings (SSSR count). The van der Waals surface area contributed by atoms with Crippen LogP contribution in [-0.4, -0.2) is 32.6 Å². The van der Waals surface area contributed by atoms with Crippen LogP contribution in [0.4, 0.5) is 5.82 Å². The maximum atomic E-state index is 12.2. The third kappa shape index (κ3) is 3.42. The number of nitrogens with zero attached hydrogens (tertiary/aromatic N) is 4. The number of nitrogens with one attached hydrogen (secondary N) is 2. The van der Waals surface area contributed by atoms with E-state index < -0.39 is 0 Å². The van der Waals surface area contributed by atoms with Crippen molar-refractivity contribution in [2.45, 2.75) is 13.5 Å². The fourth-order valence-corrected chi connectivity index (χ4v) is 4.76. The number of carbonyl (C=O) groups is 1. The van der Waals surface area contributed by atoms with Crippen molar-refractivity contribution in [2.75, 3.05) is 12.4 Å². The number of carbonyl (C=O) groups excluding carboxylic acids is 1. The molecule has 0 spiro atoms. The average molecular weight is 433 g/mol. The molecule has 0 radical (unpaired) electrons. The minimum Gasteiger partial charge on any atom is -0.371 e. The molecule has 1 amide bonds. The Kier molecular flexibility index (Phi) is 4.67. The van der Waals surface area contributed by atoms with Crippen molar-refractivity contribution in [1.29, 1.82) is 0 Å². The van der Waals surface area contributed by atoms with Crippen molar-refractivity contribution in [3.05, 3.63) is 59.7 Å². The maximum Gasteiger partial charge on any atom is 0.273 e. The average Bonchev–Trinajstić information content (AvgIpc) is 3.49. The Morgan fingerprint density at radius 3 is 2.90 bits per heavy atom. The summed E-state index contributed by atoms with van der Waals surface area (Å²) in [7, 11) is 3.85. The lowest BCUT2D eigenvalue weighted by Gasteiger charge is -2.05. The van der Waals surface area contributed by atoms with E-state index in [-0.39, 0.29) is 11.6 Å². The topological polar surface area (TPSA) is 97.9 Å². The molecule has 5 aromatic rings. The highest BCUT2D eigenvalue weighted by atomic mass is 32.1. The van der Waals surface area contributed by atoms with Gasteiger partial charge in [0.15, 0.2) is 11.5 Å². The number of amides is 1. The number of pyridine rings is 1. The van der Waals surface area contributed by atoms with Crippen LogP contribution in [0, 0.1) is 6.92 Å². The Labute approximate surface area is 181 Å². The molecule has 0 aliphatic heterocycles. The summed E-state index contributed by atoms with van der Waals surface area (Å²) in [5.74, 6) is 1.12. The summed E-state index contributed by atoms with van der Waals surface area (Å²) >= 11 is 1.69. The third-order valence-corrected chi connectivity index (χ3v) is 6.26. The summed E-state index contributed by atoms with van der Waals surface area (Å²) < 4.78 is 8.09. The predicted molar refractivity (Wildman–Crippen MR) is 121 cm³/mol. The Morgan fingerprint density at radius 2 is 2.13 bits per heavy atom. The molecule has 31 heavy (non-hydrogen) atoms. The number of aryl methyl sites for hydroxylation is 2. The van der Waals surface area contributed by atoms with Crippen molar-refractivity contribution in [2.24, 2.45) is 7.05 Å². The van der Waals surface area contributed by atoms with Crippen LogP contribution in [0.5, 0.6) is 0 Å². The van der Waals surface area contributed by atoms with Gasteiger partial charge in [-0.2, -0.15) is 0 Å². The fraction of sp³-hybridized carbons (Fsp3) is 0.182. The zero-order chi connectivity index (χ0) is 21.5. The van der Waals surface area contributed by atoms with E-state index in [1.807, 2.05) is 37.1 Å². The molecule has 4 aromatic heterocycles. The van der Waals surface area contributed by atoms with Crippen molar-refractivity contribution < 1.29 is 9.32 Å². The molecular formula is C22H20N6O2S. The van der Waals surface area contributed by atoms with Crippen LogP contribution in [0.1, 0.15) is 21.8 Å². The lowest BCUT2D eigenvalue weighted by Crippen LogP contribution is -2.23. The molecule has 156 valence electrons. The minimum absolute atomic E-state index is 0.258. The summed E-state index contributed by atoms with van der Waals surface area (Å²) in [4.78, 5) is 22.6. The first-order valence-electron chi connectivity index (χ1n) is 9.76. The molecule has 1 aromatic carbocycles. The van der Waals surface area contributed by atoms with Gasteiger partial charge in [0.1, 0.15) is 11.3 Å². The van der Waals surface area contributed by atoms with Crippen molar-refractivity contribution in [3.8, 4) is 10.4 Å². The quantitative estimate of drug-likeness (QED) is 0.434. The molecule has 0 aliphatic carbocycles. The van der Waals surface area contributed by atoms with E-state index in [1.54, 1.807) is 24.3 Å². The van der Waals surface area contributed by atoms with Crippen molar-refractivity contribution in [1.82, 2.24) is 25.0 Å². The molecule has 0 atom stereocenters. The number of hydrogen-bond acceptors (Lipinski definition) is 7. The van der Waals surface area contributed by atoms with Crippen LogP contribution in [0.25, 0.3) is 31.7 Å². The minimum atomic E-state index is -0.258. The molecule has 2 N–H and O–H groups in total. The number of rotatable bonds is 5. The van der Waals surface area contributed by atoms with Crippen LogP contribution >= 0.6 is 11.3 Å². The lowest BCUT2D eigenvalue weighted by atomic mass is 10.1. The van der Waals surface area contributed by atoms with Crippen LogP contribution in [0.3, 0.4) is 0 Å². The summed E-state index contributed by atoms with van der Waals surface area (Å²) in [6.45, 7) is 2.16. The number of fused-ring (bicyclic) bond motifs is 3.